The van der Waals surface area contributed by atoms with Gasteiger partial charge in [0, 0.05) is 11.5 Å². The van der Waals surface area contributed by atoms with Crippen molar-refractivity contribution in [3.63, 3.8) is 0 Å². The number of nitriles is 1. The van der Waals surface area contributed by atoms with Crippen molar-refractivity contribution >= 4 is 37.6 Å². The number of nitrogens with zero attached hydrogens (tertiary/aromatic N) is 2. The van der Waals surface area contributed by atoms with E-state index in [1.54, 1.807) is 71.3 Å². The standard InChI is InChI=1S/C27H19N3O4S/c28-16-18-10-11-20-15-26(34-27(29)31)30(25(20)12-18)17-21-14-23(13-19-6-4-5-9-24(19)21)35(32,33)22-7-2-1-3-8-22/h1-15H,17H2,(H2,29,31). The van der Waals surface area contributed by atoms with Crippen LogP contribution in [0.1, 0.15) is 11.1 Å². The first-order valence-electron chi connectivity index (χ1n) is 10.7. The highest BCUT2D eigenvalue weighted by atomic mass is 32.2. The number of sulfone groups is 1. The van der Waals surface area contributed by atoms with Crippen LogP contribution in [-0.4, -0.2) is 19.1 Å². The van der Waals surface area contributed by atoms with Crippen molar-refractivity contribution in [1.29, 1.82) is 5.26 Å². The lowest BCUT2D eigenvalue weighted by atomic mass is 10.0. The van der Waals surface area contributed by atoms with Gasteiger partial charge >= 0.3 is 6.09 Å². The highest BCUT2D eigenvalue weighted by Gasteiger charge is 2.21. The molecule has 0 spiro atoms. The summed E-state index contributed by atoms with van der Waals surface area (Å²) in [4.78, 5) is 11.9. The summed E-state index contributed by atoms with van der Waals surface area (Å²) in [5.74, 6) is 0.197. The Morgan fingerprint density at radius 2 is 1.63 bits per heavy atom. The summed E-state index contributed by atoms with van der Waals surface area (Å²) in [5, 5.41) is 11.7. The molecule has 0 aliphatic rings. The van der Waals surface area contributed by atoms with Crippen LogP contribution in [0, 0.1) is 11.3 Å². The van der Waals surface area contributed by atoms with Crippen molar-refractivity contribution in [2.75, 3.05) is 0 Å². The van der Waals surface area contributed by atoms with Crippen LogP contribution in [0.3, 0.4) is 0 Å². The summed E-state index contributed by atoms with van der Waals surface area (Å²) in [6.45, 7) is 0.180. The second-order valence-corrected chi connectivity index (χ2v) is 9.94. The summed E-state index contributed by atoms with van der Waals surface area (Å²) in [7, 11) is -3.77. The second kappa shape index (κ2) is 8.63. The van der Waals surface area contributed by atoms with Gasteiger partial charge in [0.1, 0.15) is 0 Å². The predicted octanol–water partition coefficient (Wildman–Crippen LogP) is 5.00. The van der Waals surface area contributed by atoms with E-state index in [0.717, 1.165) is 16.2 Å². The number of rotatable bonds is 5. The highest BCUT2D eigenvalue weighted by Crippen LogP contribution is 2.32. The molecule has 1 amide bonds. The molecule has 2 N–H and O–H groups in total. The van der Waals surface area contributed by atoms with E-state index in [-0.39, 0.29) is 22.2 Å². The largest absolute Gasteiger partial charge is 0.411 e. The van der Waals surface area contributed by atoms with Crippen molar-refractivity contribution in [2.45, 2.75) is 16.3 Å². The van der Waals surface area contributed by atoms with Gasteiger partial charge in [-0.05, 0) is 52.7 Å². The van der Waals surface area contributed by atoms with E-state index in [9.17, 15) is 18.5 Å². The second-order valence-electron chi connectivity index (χ2n) is 8.00. The fourth-order valence-electron chi connectivity index (χ4n) is 4.20. The Balaban J connectivity index is 1.73. The number of hydrogen-bond acceptors (Lipinski definition) is 5. The maximum atomic E-state index is 13.4. The summed E-state index contributed by atoms with van der Waals surface area (Å²) in [5.41, 5.74) is 7.09. The van der Waals surface area contributed by atoms with E-state index in [0.29, 0.717) is 16.6 Å². The Morgan fingerprint density at radius 1 is 0.886 bits per heavy atom. The topological polar surface area (TPSA) is 115 Å². The zero-order chi connectivity index (χ0) is 24.6. The van der Waals surface area contributed by atoms with E-state index >= 15 is 0 Å². The van der Waals surface area contributed by atoms with Crippen LogP contribution < -0.4 is 10.5 Å². The first-order valence-corrected chi connectivity index (χ1v) is 12.2. The SMILES string of the molecule is N#Cc1ccc2cc(OC(N)=O)n(Cc3cc(S(=O)(=O)c4ccccc4)cc4ccccc34)c2c1. The van der Waals surface area contributed by atoms with Gasteiger partial charge in [-0.1, -0.05) is 48.5 Å². The van der Waals surface area contributed by atoms with E-state index in [1.165, 1.54) is 0 Å². The van der Waals surface area contributed by atoms with Crippen molar-refractivity contribution in [1.82, 2.24) is 4.57 Å². The molecule has 1 heterocycles. The van der Waals surface area contributed by atoms with Gasteiger partial charge in [0.05, 0.1) is 33.5 Å². The fourth-order valence-corrected chi connectivity index (χ4v) is 5.57. The number of amides is 1. The van der Waals surface area contributed by atoms with Crippen LogP contribution in [0.15, 0.2) is 101 Å². The Morgan fingerprint density at radius 3 is 2.37 bits per heavy atom. The Kier molecular flexibility index (Phi) is 5.47. The number of hydrogen-bond donors (Lipinski definition) is 1. The van der Waals surface area contributed by atoms with Crippen LogP contribution in [0.2, 0.25) is 0 Å². The lowest BCUT2D eigenvalue weighted by Gasteiger charge is -2.15. The molecule has 0 bridgehead atoms. The van der Waals surface area contributed by atoms with Crippen molar-refractivity contribution in [3.05, 3.63) is 102 Å². The number of carbonyl (C=O) groups is 1. The van der Waals surface area contributed by atoms with Crippen molar-refractivity contribution in [2.24, 2.45) is 5.73 Å². The zero-order valence-electron chi connectivity index (χ0n) is 18.4. The Hall–Kier alpha value is -4.61. The molecule has 5 rings (SSSR count). The molecule has 172 valence electrons. The molecule has 7 nitrogen and oxygen atoms in total. The monoisotopic (exact) mass is 481 g/mol. The number of benzene rings is 4. The molecule has 8 heteroatoms. The molecule has 5 aromatic rings. The van der Waals surface area contributed by atoms with Crippen LogP contribution in [0.25, 0.3) is 21.7 Å². The number of primary amides is 1. The molecule has 35 heavy (non-hydrogen) atoms. The number of fused-ring (bicyclic) bond motifs is 2. The Labute approximate surface area is 201 Å². The molecule has 4 aromatic carbocycles. The van der Waals surface area contributed by atoms with Crippen LogP contribution in [0.4, 0.5) is 4.79 Å². The van der Waals surface area contributed by atoms with Crippen LogP contribution >= 0.6 is 0 Å². The van der Waals surface area contributed by atoms with E-state index in [2.05, 4.69) is 6.07 Å². The number of aromatic nitrogens is 1. The fraction of sp³-hybridized carbons (Fsp3) is 0.0370. The quantitative estimate of drug-likeness (QED) is 0.379. The van der Waals surface area contributed by atoms with Gasteiger partial charge in [-0.15, -0.1) is 0 Å². The van der Waals surface area contributed by atoms with Crippen LogP contribution in [-0.2, 0) is 16.4 Å². The first kappa shape index (κ1) is 22.2. The van der Waals surface area contributed by atoms with Gasteiger partial charge in [0.15, 0.2) is 0 Å². The van der Waals surface area contributed by atoms with Gasteiger partial charge < -0.3 is 15.0 Å². The maximum absolute atomic E-state index is 13.4. The average molecular weight is 482 g/mol. The smallest absolute Gasteiger partial charge is 0.393 e. The molecule has 0 fully saturated rings. The third-order valence-corrected chi connectivity index (χ3v) is 7.56. The molecule has 0 radical (unpaired) electrons. The third-order valence-electron chi connectivity index (χ3n) is 5.81. The Bertz CT molecular complexity index is 1750. The third kappa shape index (κ3) is 4.09. The number of ether oxygens (including phenoxy) is 1. The molecule has 0 atom stereocenters. The van der Waals surface area contributed by atoms with Gasteiger partial charge in [-0.25, -0.2) is 13.2 Å². The molecule has 0 saturated carbocycles. The lowest BCUT2D eigenvalue weighted by molar-refractivity contribution is 0.207. The minimum Gasteiger partial charge on any atom is -0.393 e. The van der Waals surface area contributed by atoms with Crippen LogP contribution in [0.5, 0.6) is 5.88 Å². The van der Waals surface area contributed by atoms with Crippen molar-refractivity contribution in [3.8, 4) is 11.9 Å². The molecular formula is C27H19N3O4S. The summed E-state index contributed by atoms with van der Waals surface area (Å²) < 4.78 is 33.8. The molecule has 1 aromatic heterocycles. The minimum atomic E-state index is -3.77. The number of nitrogens with two attached hydrogens (primary N) is 1. The summed E-state index contributed by atoms with van der Waals surface area (Å²) >= 11 is 0. The molecule has 0 saturated heterocycles. The number of carbonyl (C=O) groups excluding carboxylic acids is 1. The summed E-state index contributed by atoms with van der Waals surface area (Å²) in [6, 6.07) is 27.9. The first-order chi connectivity index (χ1) is 16.9. The summed E-state index contributed by atoms with van der Waals surface area (Å²) in [6.07, 6.45) is -0.972. The van der Waals surface area contributed by atoms with Crippen molar-refractivity contribution < 1.29 is 17.9 Å². The molecule has 0 unspecified atom stereocenters. The van der Waals surface area contributed by atoms with Gasteiger partial charge in [-0.2, -0.15) is 5.26 Å². The zero-order valence-corrected chi connectivity index (χ0v) is 19.2. The van der Waals surface area contributed by atoms with E-state index in [1.807, 2.05) is 24.3 Å². The van der Waals surface area contributed by atoms with Gasteiger partial charge in [-0.3, -0.25) is 0 Å². The maximum Gasteiger partial charge on any atom is 0.411 e. The predicted molar refractivity (Wildman–Crippen MR) is 132 cm³/mol. The molecule has 0 aliphatic heterocycles. The minimum absolute atomic E-state index is 0.156. The van der Waals surface area contributed by atoms with E-state index in [4.69, 9.17) is 10.5 Å². The molecular weight excluding hydrogens is 462 g/mol. The van der Waals surface area contributed by atoms with E-state index < -0.39 is 15.9 Å². The normalized spacial score (nSPS) is 11.4. The lowest BCUT2D eigenvalue weighted by Crippen LogP contribution is -2.18. The average Bonchev–Trinajstić information content (AvgIpc) is 3.19. The molecule has 0 aliphatic carbocycles. The highest BCUT2D eigenvalue weighted by molar-refractivity contribution is 7.91. The van der Waals surface area contributed by atoms with Gasteiger partial charge in [0.25, 0.3) is 0 Å². The van der Waals surface area contributed by atoms with Gasteiger partial charge in [0.2, 0.25) is 15.7 Å².